The molecule has 0 saturated carbocycles. The van der Waals surface area contributed by atoms with Crippen molar-refractivity contribution >= 4 is 35.0 Å². The third kappa shape index (κ3) is 5.84. The fourth-order valence-electron chi connectivity index (χ4n) is 2.01. The van der Waals surface area contributed by atoms with Crippen molar-refractivity contribution in [1.82, 2.24) is 10.3 Å². The summed E-state index contributed by atoms with van der Waals surface area (Å²) in [6.07, 6.45) is 0. The molecule has 1 heterocycles. The molecule has 0 radical (unpaired) electrons. The van der Waals surface area contributed by atoms with Gasteiger partial charge in [0, 0.05) is 16.9 Å². The number of nitrogens with one attached hydrogen (secondary N) is 1. The average Bonchev–Trinajstić information content (AvgIpc) is 3.11. The number of amides is 1. The smallest absolute Gasteiger partial charge is 0.329 e. The molecule has 134 valence electrons. The number of carbonyl (C=O) groups is 2. The molecule has 8 heteroatoms. The van der Waals surface area contributed by atoms with Gasteiger partial charge in [-0.2, -0.15) is 11.8 Å². The largest absolute Gasteiger partial charge is 0.467 e. The van der Waals surface area contributed by atoms with Gasteiger partial charge in [-0.15, -0.1) is 11.3 Å². The summed E-state index contributed by atoms with van der Waals surface area (Å²) in [5.74, 6) is 0.281. The van der Waals surface area contributed by atoms with Crippen molar-refractivity contribution in [2.24, 2.45) is 5.73 Å². The first-order chi connectivity index (χ1) is 12.0. The molecule has 0 aliphatic heterocycles. The lowest BCUT2D eigenvalue weighted by Gasteiger charge is -2.15. The average molecular weight is 380 g/mol. The molecule has 6 nitrogen and oxygen atoms in total. The molecule has 2 atom stereocenters. The quantitative estimate of drug-likeness (QED) is 0.684. The number of esters is 1. The third-order valence-corrected chi connectivity index (χ3v) is 5.48. The number of carbonyl (C=O) groups excluding carboxylic acids is 2. The number of nitrogens with zero attached hydrogens (tertiary/aromatic N) is 1. The van der Waals surface area contributed by atoms with E-state index in [0.29, 0.717) is 10.8 Å². The summed E-state index contributed by atoms with van der Waals surface area (Å²) in [6.45, 7) is 1.80. The topological polar surface area (TPSA) is 94.3 Å². The maximum absolute atomic E-state index is 12.3. The van der Waals surface area contributed by atoms with Crippen LogP contribution in [-0.2, 0) is 15.3 Å². The number of methoxy groups -OCH3 is 1. The van der Waals surface area contributed by atoms with E-state index in [-0.39, 0.29) is 11.7 Å². The van der Waals surface area contributed by atoms with Crippen LogP contribution in [0, 0.1) is 0 Å². The lowest BCUT2D eigenvalue weighted by Crippen LogP contribution is -2.43. The van der Waals surface area contributed by atoms with Gasteiger partial charge in [-0.1, -0.05) is 30.3 Å². The van der Waals surface area contributed by atoms with Crippen molar-refractivity contribution in [2.45, 2.75) is 24.8 Å². The minimum atomic E-state index is -0.730. The number of hydrogen-bond donors (Lipinski definition) is 2. The lowest BCUT2D eigenvalue weighted by atomic mass is 10.2. The highest BCUT2D eigenvalue weighted by molar-refractivity contribution is 7.98. The number of benzene rings is 1. The van der Waals surface area contributed by atoms with Gasteiger partial charge < -0.3 is 15.8 Å². The molecule has 0 spiro atoms. The molecule has 1 aromatic heterocycles. The molecule has 1 amide bonds. The van der Waals surface area contributed by atoms with Crippen LogP contribution in [-0.4, -0.2) is 35.8 Å². The van der Waals surface area contributed by atoms with E-state index in [9.17, 15) is 9.59 Å². The molecule has 0 fully saturated rings. The molecule has 2 aromatic rings. The maximum Gasteiger partial charge on any atom is 0.329 e. The summed E-state index contributed by atoms with van der Waals surface area (Å²) in [7, 11) is 1.31. The van der Waals surface area contributed by atoms with E-state index in [2.05, 4.69) is 10.3 Å². The fraction of sp³-hybridized carbons (Fsp3) is 0.353. The van der Waals surface area contributed by atoms with Gasteiger partial charge in [0.15, 0.2) is 0 Å². The van der Waals surface area contributed by atoms with Crippen LogP contribution in [0.25, 0.3) is 0 Å². The zero-order chi connectivity index (χ0) is 18.2. The molecule has 2 unspecified atom stereocenters. The van der Waals surface area contributed by atoms with E-state index >= 15 is 0 Å². The molecular formula is C17H21N3O3S2. The van der Waals surface area contributed by atoms with E-state index in [1.165, 1.54) is 18.4 Å². The third-order valence-electron chi connectivity index (χ3n) is 3.33. The first-order valence-corrected chi connectivity index (χ1v) is 9.76. The van der Waals surface area contributed by atoms with E-state index < -0.39 is 17.9 Å². The highest BCUT2D eigenvalue weighted by atomic mass is 32.2. The van der Waals surface area contributed by atoms with E-state index in [1.54, 1.807) is 24.1 Å². The van der Waals surface area contributed by atoms with Gasteiger partial charge in [0.05, 0.1) is 13.2 Å². The van der Waals surface area contributed by atoms with Gasteiger partial charge in [-0.05, 0) is 12.5 Å². The Hall–Kier alpha value is -1.90. The normalized spacial score (nSPS) is 13.1. The van der Waals surface area contributed by atoms with Gasteiger partial charge in [0.2, 0.25) is 0 Å². The predicted molar refractivity (Wildman–Crippen MR) is 101 cm³/mol. The van der Waals surface area contributed by atoms with Crippen LogP contribution >= 0.6 is 23.1 Å². The van der Waals surface area contributed by atoms with Crippen molar-refractivity contribution in [3.63, 3.8) is 0 Å². The predicted octanol–water partition coefficient (Wildman–Crippen LogP) is 2.37. The van der Waals surface area contributed by atoms with Gasteiger partial charge in [-0.3, -0.25) is 4.79 Å². The minimum absolute atomic E-state index is 0.232. The summed E-state index contributed by atoms with van der Waals surface area (Å²) in [6, 6.07) is 8.96. The molecule has 0 bridgehead atoms. The number of thiazole rings is 1. The second kappa shape index (κ2) is 9.55. The van der Waals surface area contributed by atoms with Gasteiger partial charge in [-0.25, -0.2) is 9.78 Å². The first kappa shape index (κ1) is 19.4. The van der Waals surface area contributed by atoms with Crippen molar-refractivity contribution in [1.29, 1.82) is 0 Å². The Morgan fingerprint density at radius 1 is 1.36 bits per heavy atom. The Balaban J connectivity index is 1.94. The molecule has 25 heavy (non-hydrogen) atoms. The van der Waals surface area contributed by atoms with Gasteiger partial charge in [0.25, 0.3) is 5.91 Å². The Kier molecular flexibility index (Phi) is 7.42. The maximum atomic E-state index is 12.3. The number of hydrogen-bond acceptors (Lipinski definition) is 7. The SMILES string of the molecule is COC(=O)C(CSCc1ccccc1)NC(=O)c1csc(C(C)N)n1. The van der Waals surface area contributed by atoms with Crippen LogP contribution in [0.4, 0.5) is 0 Å². The fourth-order valence-corrected chi connectivity index (χ4v) is 3.77. The van der Waals surface area contributed by atoms with Crippen LogP contribution in [0.2, 0.25) is 0 Å². The summed E-state index contributed by atoms with van der Waals surface area (Å²) in [4.78, 5) is 28.5. The Morgan fingerprint density at radius 3 is 2.68 bits per heavy atom. The Labute approximate surface area is 155 Å². The van der Waals surface area contributed by atoms with Crippen molar-refractivity contribution < 1.29 is 14.3 Å². The number of rotatable bonds is 8. The van der Waals surface area contributed by atoms with Crippen LogP contribution in [0.5, 0.6) is 0 Å². The summed E-state index contributed by atoms with van der Waals surface area (Å²) < 4.78 is 4.79. The van der Waals surface area contributed by atoms with Crippen molar-refractivity contribution in [3.05, 3.63) is 52.0 Å². The zero-order valence-corrected chi connectivity index (χ0v) is 15.7. The van der Waals surface area contributed by atoms with Crippen LogP contribution in [0.3, 0.4) is 0 Å². The molecular weight excluding hydrogens is 358 g/mol. The van der Waals surface area contributed by atoms with Crippen LogP contribution in [0.1, 0.15) is 34.0 Å². The Bertz CT molecular complexity index is 704. The zero-order valence-electron chi connectivity index (χ0n) is 14.1. The standard InChI is InChI=1S/C17H21N3O3S2/c1-11(18)16-20-13(10-25-16)15(21)19-14(17(22)23-2)9-24-8-12-6-4-3-5-7-12/h3-7,10-11,14H,8-9,18H2,1-2H3,(H,19,21). The van der Waals surface area contributed by atoms with E-state index in [4.69, 9.17) is 10.5 Å². The molecule has 0 aliphatic rings. The van der Waals surface area contributed by atoms with Crippen LogP contribution < -0.4 is 11.1 Å². The number of aromatic nitrogens is 1. The molecule has 0 aliphatic carbocycles. The summed E-state index contributed by atoms with van der Waals surface area (Å²) in [5, 5.41) is 5.01. The second-order valence-corrected chi connectivity index (χ2v) is 7.33. The number of ether oxygens (including phenoxy) is 1. The summed E-state index contributed by atoms with van der Waals surface area (Å²) in [5.41, 5.74) is 7.18. The first-order valence-electron chi connectivity index (χ1n) is 7.72. The highest BCUT2D eigenvalue weighted by Gasteiger charge is 2.23. The number of thioether (sulfide) groups is 1. The summed E-state index contributed by atoms with van der Waals surface area (Å²) >= 11 is 2.88. The second-order valence-electron chi connectivity index (χ2n) is 5.41. The molecule has 3 N–H and O–H groups in total. The van der Waals surface area contributed by atoms with Gasteiger partial charge >= 0.3 is 5.97 Å². The number of nitrogens with two attached hydrogens (primary N) is 1. The highest BCUT2D eigenvalue weighted by Crippen LogP contribution is 2.17. The van der Waals surface area contributed by atoms with Crippen LogP contribution in [0.15, 0.2) is 35.7 Å². The van der Waals surface area contributed by atoms with E-state index in [1.807, 2.05) is 30.3 Å². The van der Waals surface area contributed by atoms with Gasteiger partial charge in [0.1, 0.15) is 16.7 Å². The minimum Gasteiger partial charge on any atom is -0.467 e. The molecule has 0 saturated heterocycles. The monoisotopic (exact) mass is 379 g/mol. The van der Waals surface area contributed by atoms with Crippen molar-refractivity contribution in [2.75, 3.05) is 12.9 Å². The lowest BCUT2D eigenvalue weighted by molar-refractivity contribution is -0.142. The molecule has 1 aromatic carbocycles. The van der Waals surface area contributed by atoms with Crippen molar-refractivity contribution in [3.8, 4) is 0 Å². The Morgan fingerprint density at radius 2 is 2.08 bits per heavy atom. The molecule has 2 rings (SSSR count). The van der Waals surface area contributed by atoms with E-state index in [0.717, 1.165) is 11.3 Å².